The third kappa shape index (κ3) is 17.3. The zero-order valence-electron chi connectivity index (χ0n) is 21.4. The summed E-state index contributed by atoms with van der Waals surface area (Å²) in [5.74, 6) is -2.86. The average Bonchev–Trinajstić information content (AvgIpc) is 2.77. The number of sulfone groups is 1. The Morgan fingerprint density at radius 3 is 1.23 bits per heavy atom. The summed E-state index contributed by atoms with van der Waals surface area (Å²) in [5.41, 5.74) is 0. The molecular weight excluding hydrogens is 480 g/mol. The average molecular weight is 525 g/mol. The minimum absolute atomic E-state index is 0.00273. The number of nitrogens with zero attached hydrogens (tertiary/aromatic N) is 4. The molecule has 3 N–H and O–H groups in total. The summed E-state index contributed by atoms with van der Waals surface area (Å²) in [5, 5.41) is 27.7. The highest BCUT2D eigenvalue weighted by atomic mass is 32.2. The maximum atomic E-state index is 12.3. The molecule has 0 bridgehead atoms. The number of unbranched alkanes of at least 4 members (excludes halogenated alkanes) is 1. The van der Waals surface area contributed by atoms with Crippen LogP contribution in [-0.2, 0) is 24.2 Å². The van der Waals surface area contributed by atoms with E-state index in [1.807, 2.05) is 25.7 Å². The lowest BCUT2D eigenvalue weighted by atomic mass is 10.3. The Hall–Kier alpha value is -1.80. The van der Waals surface area contributed by atoms with E-state index in [2.05, 4.69) is 0 Å². The Labute approximate surface area is 209 Å². The summed E-state index contributed by atoms with van der Waals surface area (Å²) in [7, 11) is -3.20. The zero-order valence-corrected chi connectivity index (χ0v) is 22.2. The van der Waals surface area contributed by atoms with Gasteiger partial charge in [-0.25, -0.2) is 8.42 Å². The number of hydrogen-bond acceptors (Lipinski definition) is 9. The van der Waals surface area contributed by atoms with E-state index < -0.39 is 27.7 Å². The monoisotopic (exact) mass is 524 g/mol. The Morgan fingerprint density at radius 2 is 0.943 bits per heavy atom. The van der Waals surface area contributed by atoms with E-state index in [9.17, 15) is 38.1 Å². The topological polar surface area (TPSA) is 159 Å². The number of hydrogen-bond donors (Lipinski definition) is 3. The number of carboxylic acids is 3. The van der Waals surface area contributed by atoms with Gasteiger partial charge < -0.3 is 15.3 Å². The largest absolute Gasteiger partial charge is 0.480 e. The van der Waals surface area contributed by atoms with Gasteiger partial charge in [-0.15, -0.1) is 0 Å². The molecule has 1 aliphatic heterocycles. The minimum atomic E-state index is -3.20. The second-order valence-electron chi connectivity index (χ2n) is 8.36. The summed E-state index contributed by atoms with van der Waals surface area (Å²) in [6, 6.07) is 0. The van der Waals surface area contributed by atoms with E-state index >= 15 is 0 Å². The predicted octanol–water partition coefficient (Wildman–Crippen LogP) is -0.297. The zero-order chi connectivity index (χ0) is 26.9. The van der Waals surface area contributed by atoms with Crippen LogP contribution in [0.3, 0.4) is 0 Å². The highest BCUT2D eigenvalue weighted by Gasteiger charge is 2.21. The summed E-state index contributed by atoms with van der Waals surface area (Å²) in [6.45, 7) is 8.53. The van der Waals surface area contributed by atoms with Crippen LogP contribution in [0.4, 0.5) is 0 Å². The van der Waals surface area contributed by atoms with E-state index in [1.54, 1.807) is 14.7 Å². The van der Waals surface area contributed by atoms with Crippen molar-refractivity contribution in [3.8, 4) is 0 Å². The molecule has 35 heavy (non-hydrogen) atoms. The summed E-state index contributed by atoms with van der Waals surface area (Å²) >= 11 is 0. The minimum Gasteiger partial charge on any atom is -0.480 e. The van der Waals surface area contributed by atoms with Gasteiger partial charge in [0.2, 0.25) is 0 Å². The van der Waals surface area contributed by atoms with E-state index in [1.165, 1.54) is 0 Å². The molecule has 0 aromatic carbocycles. The van der Waals surface area contributed by atoms with Crippen molar-refractivity contribution in [2.45, 2.75) is 33.6 Å². The van der Waals surface area contributed by atoms with Crippen LogP contribution >= 0.6 is 0 Å². The predicted molar refractivity (Wildman–Crippen MR) is 134 cm³/mol. The van der Waals surface area contributed by atoms with Gasteiger partial charge in [0.15, 0.2) is 9.84 Å². The van der Waals surface area contributed by atoms with Crippen LogP contribution in [-0.4, -0.2) is 151 Å². The molecule has 1 rings (SSSR count). The Balaban J connectivity index is 0.00000562. The third-order valence-corrected chi connectivity index (χ3v) is 7.25. The molecule has 0 atom stereocenters. The van der Waals surface area contributed by atoms with Crippen molar-refractivity contribution in [1.29, 1.82) is 0 Å². The van der Waals surface area contributed by atoms with Crippen molar-refractivity contribution in [2.75, 3.05) is 90.0 Å². The molecule has 12 nitrogen and oxygen atoms in total. The van der Waals surface area contributed by atoms with E-state index in [0.29, 0.717) is 65.3 Å². The molecule has 13 heteroatoms. The Kier molecular flexibility index (Phi) is 17.5. The van der Waals surface area contributed by atoms with Crippen molar-refractivity contribution in [2.24, 2.45) is 0 Å². The highest BCUT2D eigenvalue weighted by Crippen LogP contribution is 2.03. The van der Waals surface area contributed by atoms with Crippen LogP contribution in [0.5, 0.6) is 0 Å². The first-order chi connectivity index (χ1) is 16.5. The molecule has 0 radical (unpaired) electrons. The first-order valence-electron chi connectivity index (χ1n) is 12.3. The van der Waals surface area contributed by atoms with Gasteiger partial charge >= 0.3 is 17.9 Å². The van der Waals surface area contributed by atoms with E-state index in [4.69, 9.17) is 0 Å². The molecule has 0 amide bonds. The molecule has 0 spiro atoms. The first kappa shape index (κ1) is 33.2. The third-order valence-electron chi connectivity index (χ3n) is 5.53. The fourth-order valence-corrected chi connectivity index (χ4v) is 5.05. The van der Waals surface area contributed by atoms with Gasteiger partial charge in [-0.2, -0.15) is 0 Å². The molecular formula is C22H44N4O8S. The molecule has 1 aliphatic rings. The molecule has 0 aromatic rings. The molecule has 0 aliphatic carbocycles. The summed E-state index contributed by atoms with van der Waals surface area (Å²) in [6.07, 6.45) is 1.39. The number of carboxylic acid groups (broad SMARTS) is 3. The van der Waals surface area contributed by atoms with E-state index in [0.717, 1.165) is 6.42 Å². The van der Waals surface area contributed by atoms with Crippen LogP contribution < -0.4 is 0 Å². The van der Waals surface area contributed by atoms with Crippen LogP contribution in [0.1, 0.15) is 33.6 Å². The van der Waals surface area contributed by atoms with Crippen LogP contribution in [0, 0.1) is 0 Å². The summed E-state index contributed by atoms with van der Waals surface area (Å²) < 4.78 is 24.6. The van der Waals surface area contributed by atoms with Crippen LogP contribution in [0.2, 0.25) is 0 Å². The lowest BCUT2D eigenvalue weighted by Crippen LogP contribution is -2.49. The first-order valence-corrected chi connectivity index (χ1v) is 14.1. The maximum Gasteiger partial charge on any atom is 0.317 e. The van der Waals surface area contributed by atoms with Gasteiger partial charge in [0.05, 0.1) is 31.1 Å². The molecule has 1 saturated heterocycles. The van der Waals surface area contributed by atoms with Gasteiger partial charge in [-0.1, -0.05) is 27.2 Å². The van der Waals surface area contributed by atoms with Crippen molar-refractivity contribution in [3.63, 3.8) is 0 Å². The van der Waals surface area contributed by atoms with E-state index in [-0.39, 0.29) is 31.1 Å². The quantitative estimate of drug-likeness (QED) is 0.306. The second-order valence-corrected chi connectivity index (χ2v) is 10.7. The van der Waals surface area contributed by atoms with Gasteiger partial charge in [0.1, 0.15) is 0 Å². The van der Waals surface area contributed by atoms with Gasteiger partial charge in [-0.3, -0.25) is 34.0 Å². The lowest BCUT2D eigenvalue weighted by Gasteiger charge is -2.33. The van der Waals surface area contributed by atoms with Crippen molar-refractivity contribution >= 4 is 27.7 Å². The standard InChI is InChI=1S/C20H38N4O8S.C2H6/c1-2-3-13-33(31,32)14-12-21-4-6-22(15-18(25)26)8-10-24(17-20(29)30)11-9-23(7-5-21)16-19(27)28;1-2/h2-17H2,1H3,(H,25,26)(H,27,28)(H,29,30);1-2H3. The second kappa shape index (κ2) is 18.5. The van der Waals surface area contributed by atoms with Crippen LogP contribution in [0.15, 0.2) is 0 Å². The number of rotatable bonds is 12. The molecule has 1 heterocycles. The fourth-order valence-electron chi connectivity index (χ4n) is 3.58. The Morgan fingerprint density at radius 1 is 0.629 bits per heavy atom. The fraction of sp³-hybridized carbons (Fsp3) is 0.864. The molecule has 206 valence electrons. The van der Waals surface area contributed by atoms with Gasteiger partial charge in [-0.05, 0) is 6.42 Å². The molecule has 1 fully saturated rings. The van der Waals surface area contributed by atoms with Gasteiger partial charge in [0.25, 0.3) is 0 Å². The normalized spacial score (nSPS) is 18.0. The highest BCUT2D eigenvalue weighted by molar-refractivity contribution is 7.91. The van der Waals surface area contributed by atoms with Crippen molar-refractivity contribution in [1.82, 2.24) is 19.6 Å². The SMILES string of the molecule is CC.CCCCS(=O)(=O)CCN1CCN(CC(=O)O)CCN(CC(=O)O)CCN(CC(=O)O)CC1. The van der Waals surface area contributed by atoms with Crippen LogP contribution in [0.25, 0.3) is 0 Å². The number of aliphatic carboxylic acids is 3. The molecule has 0 saturated carbocycles. The maximum absolute atomic E-state index is 12.3. The van der Waals surface area contributed by atoms with Crippen molar-refractivity contribution < 1.29 is 38.1 Å². The molecule has 0 unspecified atom stereocenters. The van der Waals surface area contributed by atoms with Gasteiger partial charge in [0, 0.05) is 58.9 Å². The molecule has 0 aromatic heterocycles. The lowest BCUT2D eigenvalue weighted by molar-refractivity contribution is -0.140. The number of carbonyl (C=O) groups is 3. The summed E-state index contributed by atoms with van der Waals surface area (Å²) in [4.78, 5) is 40.8. The van der Waals surface area contributed by atoms with Crippen molar-refractivity contribution in [3.05, 3.63) is 0 Å². The smallest absolute Gasteiger partial charge is 0.317 e. The Bertz CT molecular complexity index is 703.